The minimum absolute atomic E-state index is 0.0499. The van der Waals surface area contributed by atoms with Crippen molar-refractivity contribution in [2.24, 2.45) is 7.05 Å². The SMILES string of the molecule is Cn1c(C2CCCN2C(=O)CCCOc2ccccc2)c(-c2ccccc2)c2cc(Cl)ccc21. The number of fused-ring (bicyclic) bond motifs is 1. The van der Waals surface area contributed by atoms with Gasteiger partial charge in [0.25, 0.3) is 0 Å². The summed E-state index contributed by atoms with van der Waals surface area (Å²) in [6.45, 7) is 1.33. The Bertz CT molecular complexity index is 1280. The maximum absolute atomic E-state index is 13.3. The molecule has 0 radical (unpaired) electrons. The number of halogens is 1. The van der Waals surface area contributed by atoms with Crippen molar-refractivity contribution in [3.8, 4) is 16.9 Å². The Morgan fingerprint density at radius 2 is 1.76 bits per heavy atom. The predicted octanol–water partition coefficient (Wildman–Crippen LogP) is 7.02. The van der Waals surface area contributed by atoms with Crippen LogP contribution in [0.5, 0.6) is 5.75 Å². The Morgan fingerprint density at radius 1 is 1.03 bits per heavy atom. The molecule has 0 aliphatic carbocycles. The minimum atomic E-state index is 0.0499. The number of nitrogens with zero attached hydrogens (tertiary/aromatic N) is 2. The zero-order chi connectivity index (χ0) is 23.5. The van der Waals surface area contributed by atoms with Gasteiger partial charge in [0.1, 0.15) is 5.75 Å². The zero-order valence-corrected chi connectivity index (χ0v) is 20.2. The van der Waals surface area contributed by atoms with Gasteiger partial charge in [-0.15, -0.1) is 0 Å². The van der Waals surface area contributed by atoms with Gasteiger partial charge in [0, 0.05) is 47.2 Å². The van der Waals surface area contributed by atoms with Gasteiger partial charge in [-0.3, -0.25) is 4.79 Å². The van der Waals surface area contributed by atoms with Crippen LogP contribution in [-0.2, 0) is 11.8 Å². The molecule has 5 heteroatoms. The monoisotopic (exact) mass is 472 g/mol. The number of amides is 1. The molecule has 1 aromatic heterocycles. The number of para-hydroxylation sites is 1. The third-order valence-electron chi connectivity index (χ3n) is 6.70. The number of likely N-dealkylation sites (tertiary alicyclic amines) is 1. The number of ether oxygens (including phenoxy) is 1. The number of rotatable bonds is 7. The van der Waals surface area contributed by atoms with Crippen LogP contribution in [-0.4, -0.2) is 28.5 Å². The summed E-state index contributed by atoms with van der Waals surface area (Å²) in [7, 11) is 2.10. The van der Waals surface area contributed by atoms with Crippen LogP contribution in [0, 0.1) is 0 Å². The summed E-state index contributed by atoms with van der Waals surface area (Å²) in [4.78, 5) is 15.4. The van der Waals surface area contributed by atoms with Crippen LogP contribution in [0.1, 0.15) is 37.4 Å². The van der Waals surface area contributed by atoms with Crippen molar-refractivity contribution >= 4 is 28.4 Å². The Morgan fingerprint density at radius 3 is 2.53 bits per heavy atom. The molecule has 4 aromatic rings. The number of hydrogen-bond donors (Lipinski definition) is 0. The van der Waals surface area contributed by atoms with E-state index in [2.05, 4.69) is 46.8 Å². The van der Waals surface area contributed by atoms with E-state index in [-0.39, 0.29) is 11.9 Å². The lowest BCUT2D eigenvalue weighted by Crippen LogP contribution is -2.31. The fraction of sp³-hybridized carbons (Fsp3) is 0.276. The molecule has 5 rings (SSSR count). The van der Waals surface area contributed by atoms with Crippen LogP contribution in [0.2, 0.25) is 5.02 Å². The van der Waals surface area contributed by atoms with E-state index in [0.717, 1.165) is 46.6 Å². The molecule has 1 unspecified atom stereocenters. The summed E-state index contributed by atoms with van der Waals surface area (Å²) >= 11 is 6.41. The molecule has 1 aliphatic heterocycles. The second-order valence-corrected chi connectivity index (χ2v) is 9.29. The Labute approximate surface area is 205 Å². The van der Waals surface area contributed by atoms with Crippen molar-refractivity contribution < 1.29 is 9.53 Å². The quantitative estimate of drug-likeness (QED) is 0.271. The third-order valence-corrected chi connectivity index (χ3v) is 6.94. The molecular formula is C29H29ClN2O2. The molecule has 1 aliphatic rings. The molecule has 0 saturated carbocycles. The van der Waals surface area contributed by atoms with E-state index in [1.54, 1.807) is 0 Å². The van der Waals surface area contributed by atoms with Gasteiger partial charge in [-0.25, -0.2) is 0 Å². The summed E-state index contributed by atoms with van der Waals surface area (Å²) in [5.74, 6) is 1.04. The lowest BCUT2D eigenvalue weighted by Gasteiger charge is -2.27. The molecule has 1 saturated heterocycles. The van der Waals surface area contributed by atoms with E-state index in [9.17, 15) is 4.79 Å². The molecule has 174 valence electrons. The van der Waals surface area contributed by atoms with Gasteiger partial charge >= 0.3 is 0 Å². The van der Waals surface area contributed by atoms with Gasteiger partial charge in [-0.1, -0.05) is 60.1 Å². The van der Waals surface area contributed by atoms with E-state index in [4.69, 9.17) is 16.3 Å². The number of hydrogen-bond acceptors (Lipinski definition) is 2. The minimum Gasteiger partial charge on any atom is -0.494 e. The molecule has 4 nitrogen and oxygen atoms in total. The first-order chi connectivity index (χ1) is 16.6. The molecule has 0 bridgehead atoms. The standard InChI is InChI=1S/C29H29ClN2O2/c1-31-25-17-16-22(30)20-24(25)28(21-10-4-2-5-11-21)29(31)26-14-8-18-32(26)27(33)15-9-19-34-23-12-6-3-7-13-23/h2-7,10-13,16-17,20,26H,8-9,14-15,18-19H2,1H3. The number of aryl methyl sites for hydroxylation is 1. The molecule has 34 heavy (non-hydrogen) atoms. The normalized spacial score (nSPS) is 15.7. The van der Waals surface area contributed by atoms with Gasteiger partial charge in [0.15, 0.2) is 0 Å². The molecule has 0 N–H and O–H groups in total. The molecule has 3 aromatic carbocycles. The van der Waals surface area contributed by atoms with Crippen LogP contribution in [0.25, 0.3) is 22.0 Å². The topological polar surface area (TPSA) is 34.5 Å². The molecule has 0 spiro atoms. The largest absolute Gasteiger partial charge is 0.494 e. The lowest BCUT2D eigenvalue weighted by molar-refractivity contribution is -0.132. The van der Waals surface area contributed by atoms with Crippen LogP contribution in [0.4, 0.5) is 0 Å². The third kappa shape index (κ3) is 4.43. The fourth-order valence-corrected chi connectivity index (χ4v) is 5.33. The first kappa shape index (κ1) is 22.5. The summed E-state index contributed by atoms with van der Waals surface area (Å²) in [5, 5.41) is 1.85. The highest BCUT2D eigenvalue weighted by molar-refractivity contribution is 6.31. The van der Waals surface area contributed by atoms with Crippen molar-refractivity contribution in [3.63, 3.8) is 0 Å². The average molecular weight is 473 g/mol. The second kappa shape index (κ2) is 9.94. The van der Waals surface area contributed by atoms with Gasteiger partial charge in [0.2, 0.25) is 5.91 Å². The first-order valence-electron chi connectivity index (χ1n) is 11.9. The van der Waals surface area contributed by atoms with Crippen LogP contribution >= 0.6 is 11.6 Å². The predicted molar refractivity (Wildman–Crippen MR) is 138 cm³/mol. The average Bonchev–Trinajstić information content (AvgIpc) is 3.45. The first-order valence-corrected chi connectivity index (χ1v) is 12.3. The Kier molecular flexibility index (Phi) is 6.59. The number of carbonyl (C=O) groups excluding carboxylic acids is 1. The van der Waals surface area contributed by atoms with Crippen molar-refractivity contribution in [2.75, 3.05) is 13.2 Å². The van der Waals surface area contributed by atoms with E-state index in [1.807, 2.05) is 48.5 Å². The van der Waals surface area contributed by atoms with Gasteiger partial charge in [0.05, 0.1) is 12.6 Å². The highest BCUT2D eigenvalue weighted by Crippen LogP contribution is 2.43. The molecule has 1 atom stereocenters. The summed E-state index contributed by atoms with van der Waals surface area (Å²) in [5.41, 5.74) is 4.65. The van der Waals surface area contributed by atoms with E-state index in [1.165, 1.54) is 11.3 Å². The van der Waals surface area contributed by atoms with Crippen molar-refractivity contribution in [2.45, 2.75) is 31.7 Å². The van der Waals surface area contributed by atoms with Crippen LogP contribution < -0.4 is 4.74 Å². The van der Waals surface area contributed by atoms with Crippen molar-refractivity contribution in [1.29, 1.82) is 0 Å². The number of aromatic nitrogens is 1. The number of carbonyl (C=O) groups is 1. The lowest BCUT2D eigenvalue weighted by atomic mass is 9.97. The smallest absolute Gasteiger partial charge is 0.223 e. The van der Waals surface area contributed by atoms with Gasteiger partial charge in [-0.2, -0.15) is 0 Å². The zero-order valence-electron chi connectivity index (χ0n) is 19.4. The maximum Gasteiger partial charge on any atom is 0.223 e. The second-order valence-electron chi connectivity index (χ2n) is 8.86. The molecular weight excluding hydrogens is 444 g/mol. The molecule has 1 amide bonds. The summed E-state index contributed by atoms with van der Waals surface area (Å²) in [6, 6.07) is 26.3. The Hall–Kier alpha value is -3.24. The highest BCUT2D eigenvalue weighted by Gasteiger charge is 2.34. The molecule has 1 fully saturated rings. The van der Waals surface area contributed by atoms with Crippen molar-refractivity contribution in [3.05, 3.63) is 89.6 Å². The molecule has 2 heterocycles. The number of benzene rings is 3. The highest BCUT2D eigenvalue weighted by atomic mass is 35.5. The van der Waals surface area contributed by atoms with E-state index < -0.39 is 0 Å². The van der Waals surface area contributed by atoms with E-state index in [0.29, 0.717) is 19.4 Å². The fourth-order valence-electron chi connectivity index (χ4n) is 5.16. The van der Waals surface area contributed by atoms with Gasteiger partial charge in [-0.05, 0) is 55.2 Å². The van der Waals surface area contributed by atoms with E-state index >= 15 is 0 Å². The van der Waals surface area contributed by atoms with Crippen LogP contribution in [0.15, 0.2) is 78.9 Å². The summed E-state index contributed by atoms with van der Waals surface area (Å²) < 4.78 is 8.04. The Balaban J connectivity index is 1.41. The maximum atomic E-state index is 13.3. The van der Waals surface area contributed by atoms with Crippen LogP contribution in [0.3, 0.4) is 0 Å². The van der Waals surface area contributed by atoms with Gasteiger partial charge < -0.3 is 14.2 Å². The summed E-state index contributed by atoms with van der Waals surface area (Å²) in [6.07, 6.45) is 3.16. The van der Waals surface area contributed by atoms with Crippen molar-refractivity contribution in [1.82, 2.24) is 9.47 Å².